The molecule has 1 aliphatic rings. The highest BCUT2D eigenvalue weighted by Gasteiger charge is 2.33. The first kappa shape index (κ1) is 25.1. The minimum absolute atomic E-state index is 0.0279. The van der Waals surface area contributed by atoms with Crippen LogP contribution in [0.5, 0.6) is 5.75 Å². The van der Waals surface area contributed by atoms with Gasteiger partial charge in [0.05, 0.1) is 11.7 Å². The van der Waals surface area contributed by atoms with E-state index in [1.54, 1.807) is 0 Å². The number of benzene rings is 2. The summed E-state index contributed by atoms with van der Waals surface area (Å²) >= 11 is 0. The molecule has 32 heavy (non-hydrogen) atoms. The molecule has 2 aromatic rings. The molecule has 2 aromatic carbocycles. The Kier molecular flexibility index (Phi) is 8.53. The maximum atomic E-state index is 13.3. The van der Waals surface area contributed by atoms with Crippen LogP contribution < -0.4 is 15.8 Å². The number of nitrogens with two attached hydrogens (primary N) is 1. The number of hydrogen-bond acceptors (Lipinski definition) is 4. The van der Waals surface area contributed by atoms with Crippen molar-refractivity contribution < 1.29 is 41.0 Å². The summed E-state index contributed by atoms with van der Waals surface area (Å²) in [4.78, 5) is 23.1. The van der Waals surface area contributed by atoms with Gasteiger partial charge in [0, 0.05) is 5.69 Å². The molecule has 6 nitrogen and oxygen atoms in total. The quantitative estimate of drug-likeness (QED) is 0.653. The summed E-state index contributed by atoms with van der Waals surface area (Å²) in [6.07, 6.45) is 0.138. The van der Waals surface area contributed by atoms with Crippen molar-refractivity contribution in [3.63, 3.8) is 0 Å². The van der Waals surface area contributed by atoms with Crippen molar-refractivity contribution in [2.24, 2.45) is 11.7 Å². The van der Waals surface area contributed by atoms with E-state index in [4.69, 9.17) is 10.5 Å². The van der Waals surface area contributed by atoms with E-state index >= 15 is 0 Å². The number of hydrogen-bond donors (Lipinski definition) is 2. The van der Waals surface area contributed by atoms with Crippen molar-refractivity contribution >= 4 is 17.5 Å². The summed E-state index contributed by atoms with van der Waals surface area (Å²) < 4.78 is 70.4. The predicted octanol–water partition coefficient (Wildman–Crippen LogP) is 4.24. The van der Waals surface area contributed by atoms with Gasteiger partial charge in [0.15, 0.2) is 11.6 Å². The van der Waals surface area contributed by atoms with Crippen LogP contribution in [0, 0.1) is 23.4 Å². The molecule has 1 saturated heterocycles. The van der Waals surface area contributed by atoms with Gasteiger partial charge in [-0.15, -0.1) is 0 Å². The third kappa shape index (κ3) is 6.64. The SMILES string of the molecule is CC1CC(C(=O)Nc2ccc(F)c(C(N)=O)c2)OC1C.Fc1cccc(OC(F)F)c1F. The third-order valence-electron chi connectivity index (χ3n) is 4.69. The van der Waals surface area contributed by atoms with Crippen LogP contribution in [-0.2, 0) is 9.53 Å². The molecule has 0 aliphatic carbocycles. The van der Waals surface area contributed by atoms with Gasteiger partial charge in [-0.25, -0.2) is 8.78 Å². The Morgan fingerprint density at radius 2 is 1.81 bits per heavy atom. The fourth-order valence-electron chi connectivity index (χ4n) is 2.83. The van der Waals surface area contributed by atoms with E-state index in [1.807, 2.05) is 13.8 Å². The summed E-state index contributed by atoms with van der Waals surface area (Å²) in [6, 6.07) is 6.50. The van der Waals surface area contributed by atoms with E-state index in [2.05, 4.69) is 10.1 Å². The number of carbonyl (C=O) groups is 2. The molecule has 174 valence electrons. The molecule has 3 rings (SSSR count). The van der Waals surface area contributed by atoms with Gasteiger partial charge in [-0.3, -0.25) is 9.59 Å². The Balaban J connectivity index is 0.000000258. The topological polar surface area (TPSA) is 90.7 Å². The molecule has 0 spiro atoms. The monoisotopic (exact) mass is 460 g/mol. The summed E-state index contributed by atoms with van der Waals surface area (Å²) in [5.41, 5.74) is 5.12. The van der Waals surface area contributed by atoms with Crippen molar-refractivity contribution in [2.75, 3.05) is 5.32 Å². The first-order valence-electron chi connectivity index (χ1n) is 9.44. The Labute approximate surface area is 180 Å². The molecular weight excluding hydrogens is 439 g/mol. The fraction of sp³-hybridized carbons (Fsp3) is 0.333. The van der Waals surface area contributed by atoms with Crippen LogP contribution in [0.25, 0.3) is 0 Å². The Morgan fingerprint density at radius 1 is 1.12 bits per heavy atom. The molecule has 0 aromatic heterocycles. The highest BCUT2D eigenvalue weighted by atomic mass is 19.3. The van der Waals surface area contributed by atoms with E-state index in [1.165, 1.54) is 12.1 Å². The smallest absolute Gasteiger partial charge is 0.387 e. The number of amides is 2. The number of ether oxygens (including phenoxy) is 2. The minimum atomic E-state index is -3.15. The van der Waals surface area contributed by atoms with Crippen molar-refractivity contribution in [1.29, 1.82) is 0 Å². The number of nitrogens with one attached hydrogen (secondary N) is 1. The summed E-state index contributed by atoms with van der Waals surface area (Å²) in [5.74, 6) is -4.99. The zero-order chi connectivity index (χ0) is 24.0. The first-order chi connectivity index (χ1) is 15.0. The van der Waals surface area contributed by atoms with E-state index in [0.29, 0.717) is 18.0 Å². The van der Waals surface area contributed by atoms with Crippen LogP contribution in [0.15, 0.2) is 36.4 Å². The molecule has 1 aliphatic heterocycles. The summed E-state index contributed by atoms with van der Waals surface area (Å²) in [7, 11) is 0. The lowest BCUT2D eigenvalue weighted by atomic mass is 10.0. The molecular formula is C21H21F5N2O4. The second-order valence-corrected chi connectivity index (χ2v) is 7.02. The van der Waals surface area contributed by atoms with Gasteiger partial charge in [-0.1, -0.05) is 13.0 Å². The van der Waals surface area contributed by atoms with Crippen molar-refractivity contribution in [1.82, 2.24) is 0 Å². The lowest BCUT2D eigenvalue weighted by Gasteiger charge is -2.12. The summed E-state index contributed by atoms with van der Waals surface area (Å²) in [5, 5.41) is 2.61. The van der Waals surface area contributed by atoms with Gasteiger partial charge in [0.25, 0.3) is 11.8 Å². The van der Waals surface area contributed by atoms with Gasteiger partial charge in [0.2, 0.25) is 5.82 Å². The lowest BCUT2D eigenvalue weighted by Crippen LogP contribution is -2.28. The average Bonchev–Trinajstić information content (AvgIpc) is 3.06. The predicted molar refractivity (Wildman–Crippen MR) is 105 cm³/mol. The van der Waals surface area contributed by atoms with Crippen LogP contribution in [0.3, 0.4) is 0 Å². The van der Waals surface area contributed by atoms with Gasteiger partial charge >= 0.3 is 6.61 Å². The zero-order valence-electron chi connectivity index (χ0n) is 17.1. The number of anilines is 1. The van der Waals surface area contributed by atoms with Crippen LogP contribution in [0.2, 0.25) is 0 Å². The molecule has 2 amide bonds. The van der Waals surface area contributed by atoms with E-state index in [-0.39, 0.29) is 17.6 Å². The number of halogens is 5. The molecule has 3 atom stereocenters. The van der Waals surface area contributed by atoms with Gasteiger partial charge in [-0.05, 0) is 49.6 Å². The maximum absolute atomic E-state index is 13.3. The van der Waals surface area contributed by atoms with Crippen molar-refractivity contribution in [3.8, 4) is 5.75 Å². The zero-order valence-corrected chi connectivity index (χ0v) is 17.1. The molecule has 0 saturated carbocycles. The van der Waals surface area contributed by atoms with Crippen molar-refractivity contribution in [2.45, 2.75) is 39.1 Å². The molecule has 3 N–H and O–H groups in total. The van der Waals surface area contributed by atoms with E-state index < -0.39 is 41.8 Å². The van der Waals surface area contributed by atoms with Crippen LogP contribution >= 0.6 is 0 Å². The number of primary amides is 1. The summed E-state index contributed by atoms with van der Waals surface area (Å²) in [6.45, 7) is 0.781. The van der Waals surface area contributed by atoms with Gasteiger partial charge in [0.1, 0.15) is 11.9 Å². The Hall–Kier alpha value is -3.21. The molecule has 1 heterocycles. The third-order valence-corrected chi connectivity index (χ3v) is 4.69. The average molecular weight is 460 g/mol. The van der Waals surface area contributed by atoms with Crippen LogP contribution in [0.4, 0.5) is 27.6 Å². The van der Waals surface area contributed by atoms with E-state index in [0.717, 1.165) is 24.3 Å². The largest absolute Gasteiger partial charge is 0.432 e. The van der Waals surface area contributed by atoms with Gasteiger partial charge in [-0.2, -0.15) is 13.2 Å². The molecule has 3 unspecified atom stereocenters. The molecule has 0 bridgehead atoms. The van der Waals surface area contributed by atoms with Gasteiger partial charge < -0.3 is 20.5 Å². The maximum Gasteiger partial charge on any atom is 0.387 e. The molecule has 0 radical (unpaired) electrons. The lowest BCUT2D eigenvalue weighted by molar-refractivity contribution is -0.126. The normalized spacial score (nSPS) is 19.8. The van der Waals surface area contributed by atoms with Crippen LogP contribution in [0.1, 0.15) is 30.6 Å². The number of carbonyl (C=O) groups excluding carboxylic acids is 2. The van der Waals surface area contributed by atoms with Crippen LogP contribution in [-0.4, -0.2) is 30.6 Å². The Bertz CT molecular complexity index is 963. The molecule has 1 fully saturated rings. The Morgan fingerprint density at radius 3 is 2.38 bits per heavy atom. The number of rotatable bonds is 5. The first-order valence-corrected chi connectivity index (χ1v) is 9.44. The van der Waals surface area contributed by atoms with Crippen molar-refractivity contribution in [3.05, 3.63) is 59.4 Å². The standard InChI is InChI=1S/C14H17FN2O3.C7H4F4O/c1-7-5-12(20-8(7)2)14(19)17-9-3-4-11(15)10(6-9)13(16)18;8-4-2-1-3-5(6(4)9)12-7(10)11/h3-4,6-8,12H,5H2,1-2H3,(H2,16,18)(H,17,19);1-3,7H. The second kappa shape index (κ2) is 10.9. The second-order valence-electron chi connectivity index (χ2n) is 7.02. The highest BCUT2D eigenvalue weighted by molar-refractivity contribution is 5.97. The van der Waals surface area contributed by atoms with E-state index in [9.17, 15) is 31.5 Å². The minimum Gasteiger partial charge on any atom is -0.432 e. The fourth-order valence-corrected chi connectivity index (χ4v) is 2.83. The number of alkyl halides is 2. The molecule has 11 heteroatoms. The highest BCUT2D eigenvalue weighted by Crippen LogP contribution is 2.27.